The van der Waals surface area contributed by atoms with Crippen LogP contribution < -0.4 is 0 Å². The van der Waals surface area contributed by atoms with Crippen molar-refractivity contribution in [1.29, 1.82) is 0 Å². The normalized spacial score (nSPS) is 10.5. The number of carbonyl (C=O) groups is 1. The molecule has 0 aliphatic rings. The second-order valence-corrected chi connectivity index (χ2v) is 7.51. The lowest BCUT2D eigenvalue weighted by molar-refractivity contribution is 0.0781. The van der Waals surface area contributed by atoms with Crippen LogP contribution in [0.2, 0.25) is 5.02 Å². The highest BCUT2D eigenvalue weighted by Gasteiger charge is 2.16. The van der Waals surface area contributed by atoms with Gasteiger partial charge in [0, 0.05) is 29.3 Å². The Balaban J connectivity index is 1.71. The number of nitrogens with zero attached hydrogens (tertiary/aromatic N) is 1. The van der Waals surface area contributed by atoms with E-state index in [0.29, 0.717) is 11.6 Å². The first-order chi connectivity index (χ1) is 12.6. The molecule has 0 radical (unpaired) electrons. The van der Waals surface area contributed by atoms with Crippen molar-refractivity contribution < 1.29 is 4.79 Å². The van der Waals surface area contributed by atoms with E-state index >= 15 is 0 Å². The number of carbonyl (C=O) groups excluding carboxylic acids is 1. The maximum atomic E-state index is 12.9. The molecule has 0 N–H and O–H groups in total. The van der Waals surface area contributed by atoms with Crippen molar-refractivity contribution >= 4 is 29.3 Å². The van der Waals surface area contributed by atoms with Crippen LogP contribution in [0.15, 0.2) is 83.8 Å². The number of halogens is 1. The van der Waals surface area contributed by atoms with Crippen LogP contribution in [0.5, 0.6) is 0 Å². The van der Waals surface area contributed by atoms with Gasteiger partial charge in [-0.05, 0) is 35.4 Å². The molecule has 4 heteroatoms. The summed E-state index contributed by atoms with van der Waals surface area (Å²) in [7, 11) is 1.83. The Morgan fingerprint density at radius 1 is 0.885 bits per heavy atom. The second kappa shape index (κ2) is 8.93. The van der Waals surface area contributed by atoms with Crippen molar-refractivity contribution in [2.45, 2.75) is 17.2 Å². The minimum Gasteiger partial charge on any atom is -0.337 e. The minimum atomic E-state index is 0.0242. The van der Waals surface area contributed by atoms with Crippen LogP contribution in [0.1, 0.15) is 21.5 Å². The van der Waals surface area contributed by atoms with Gasteiger partial charge in [-0.1, -0.05) is 66.2 Å². The molecular weight excluding hydrogens is 362 g/mol. The SMILES string of the molecule is CN(Cc1ccc(Cl)cc1)C(=O)c1ccccc1SCc1ccccc1. The third-order valence-electron chi connectivity index (χ3n) is 4.03. The Kier molecular flexibility index (Phi) is 6.37. The van der Waals surface area contributed by atoms with Gasteiger partial charge >= 0.3 is 0 Å². The molecule has 0 heterocycles. The van der Waals surface area contributed by atoms with Crippen molar-refractivity contribution in [2.24, 2.45) is 0 Å². The Morgan fingerprint density at radius 3 is 2.27 bits per heavy atom. The fraction of sp³-hybridized carbons (Fsp3) is 0.136. The molecule has 0 saturated heterocycles. The summed E-state index contributed by atoms with van der Waals surface area (Å²) in [5, 5.41) is 0.699. The Labute approximate surface area is 163 Å². The Hall–Kier alpha value is -2.23. The Bertz CT molecular complexity index is 865. The molecule has 0 unspecified atom stereocenters. The molecule has 0 spiro atoms. The van der Waals surface area contributed by atoms with Crippen LogP contribution in [-0.4, -0.2) is 17.9 Å². The third-order valence-corrected chi connectivity index (χ3v) is 5.43. The molecular formula is C22H20ClNOS. The number of thioether (sulfide) groups is 1. The third kappa shape index (κ3) is 4.90. The van der Waals surface area contributed by atoms with Gasteiger partial charge in [0.05, 0.1) is 5.56 Å². The molecule has 3 aromatic carbocycles. The average molecular weight is 382 g/mol. The number of hydrogen-bond acceptors (Lipinski definition) is 2. The molecule has 26 heavy (non-hydrogen) atoms. The van der Waals surface area contributed by atoms with Gasteiger partial charge in [-0.3, -0.25) is 4.79 Å². The number of rotatable bonds is 6. The monoisotopic (exact) mass is 381 g/mol. The second-order valence-electron chi connectivity index (χ2n) is 6.06. The van der Waals surface area contributed by atoms with E-state index in [9.17, 15) is 4.79 Å². The van der Waals surface area contributed by atoms with E-state index in [1.54, 1.807) is 16.7 Å². The quantitative estimate of drug-likeness (QED) is 0.495. The first kappa shape index (κ1) is 18.6. The molecule has 132 valence electrons. The summed E-state index contributed by atoms with van der Waals surface area (Å²) in [5.74, 6) is 0.863. The van der Waals surface area contributed by atoms with E-state index < -0.39 is 0 Å². The first-order valence-electron chi connectivity index (χ1n) is 8.39. The smallest absolute Gasteiger partial charge is 0.255 e. The van der Waals surface area contributed by atoms with Crippen LogP contribution in [0.3, 0.4) is 0 Å². The lowest BCUT2D eigenvalue weighted by Gasteiger charge is -2.19. The molecule has 0 aromatic heterocycles. The fourth-order valence-corrected chi connectivity index (χ4v) is 3.77. The fourth-order valence-electron chi connectivity index (χ4n) is 2.65. The lowest BCUT2D eigenvalue weighted by atomic mass is 10.1. The van der Waals surface area contributed by atoms with Gasteiger partial charge in [0.2, 0.25) is 0 Å². The minimum absolute atomic E-state index is 0.0242. The molecule has 2 nitrogen and oxygen atoms in total. The van der Waals surface area contributed by atoms with Crippen LogP contribution >= 0.6 is 23.4 Å². The zero-order valence-electron chi connectivity index (χ0n) is 14.6. The van der Waals surface area contributed by atoms with Crippen LogP contribution in [0, 0.1) is 0 Å². The van der Waals surface area contributed by atoms with Gasteiger partial charge in [0.25, 0.3) is 5.91 Å². The average Bonchev–Trinajstić information content (AvgIpc) is 2.68. The van der Waals surface area contributed by atoms with Crippen molar-refractivity contribution in [3.05, 3.63) is 101 Å². The lowest BCUT2D eigenvalue weighted by Crippen LogP contribution is -2.26. The van der Waals surface area contributed by atoms with Gasteiger partial charge in [-0.15, -0.1) is 11.8 Å². The van der Waals surface area contributed by atoms with Crippen LogP contribution in [0.4, 0.5) is 0 Å². The highest BCUT2D eigenvalue weighted by Crippen LogP contribution is 2.27. The molecule has 0 aliphatic heterocycles. The van der Waals surface area contributed by atoms with Crippen LogP contribution in [0.25, 0.3) is 0 Å². The first-order valence-corrected chi connectivity index (χ1v) is 9.75. The van der Waals surface area contributed by atoms with E-state index in [2.05, 4.69) is 12.1 Å². The Morgan fingerprint density at radius 2 is 1.54 bits per heavy atom. The van der Waals surface area contributed by atoms with Crippen molar-refractivity contribution in [3.63, 3.8) is 0 Å². The highest BCUT2D eigenvalue weighted by molar-refractivity contribution is 7.98. The summed E-state index contributed by atoms with van der Waals surface area (Å²) in [6.45, 7) is 0.549. The zero-order valence-corrected chi connectivity index (χ0v) is 16.1. The molecule has 0 saturated carbocycles. The predicted molar refractivity (Wildman–Crippen MR) is 110 cm³/mol. The maximum Gasteiger partial charge on any atom is 0.255 e. The van der Waals surface area contributed by atoms with Crippen molar-refractivity contribution in [3.8, 4) is 0 Å². The molecule has 0 atom stereocenters. The van der Waals surface area contributed by atoms with Gasteiger partial charge in [0.1, 0.15) is 0 Å². The molecule has 0 bridgehead atoms. The standard InChI is InChI=1S/C22H20ClNOS/c1-24(15-17-11-13-19(23)14-12-17)22(25)20-9-5-6-10-21(20)26-16-18-7-3-2-4-8-18/h2-14H,15-16H2,1H3. The zero-order chi connectivity index (χ0) is 18.4. The van der Waals surface area contributed by atoms with Gasteiger partial charge in [-0.25, -0.2) is 0 Å². The summed E-state index contributed by atoms with van der Waals surface area (Å²) in [4.78, 5) is 15.7. The summed E-state index contributed by atoms with van der Waals surface area (Å²) < 4.78 is 0. The highest BCUT2D eigenvalue weighted by atomic mass is 35.5. The molecule has 0 fully saturated rings. The topological polar surface area (TPSA) is 20.3 Å². The van der Waals surface area contributed by atoms with E-state index in [1.165, 1.54) is 5.56 Å². The van der Waals surface area contributed by atoms with Gasteiger partial charge in [-0.2, -0.15) is 0 Å². The van der Waals surface area contributed by atoms with Gasteiger partial charge in [0.15, 0.2) is 0 Å². The molecule has 0 aliphatic carbocycles. The number of hydrogen-bond donors (Lipinski definition) is 0. The van der Waals surface area contributed by atoms with E-state index in [-0.39, 0.29) is 5.91 Å². The van der Waals surface area contributed by atoms with Crippen LogP contribution in [-0.2, 0) is 12.3 Å². The largest absolute Gasteiger partial charge is 0.337 e. The summed E-state index contributed by atoms with van der Waals surface area (Å²) in [5.41, 5.74) is 3.04. The molecule has 3 rings (SSSR count). The summed E-state index contributed by atoms with van der Waals surface area (Å²) >= 11 is 7.62. The number of benzene rings is 3. The molecule has 3 aromatic rings. The predicted octanol–water partition coefficient (Wildman–Crippen LogP) is 5.90. The van der Waals surface area contributed by atoms with E-state index in [4.69, 9.17) is 11.6 Å². The molecule has 1 amide bonds. The summed E-state index contributed by atoms with van der Waals surface area (Å²) in [6, 6.07) is 25.7. The van der Waals surface area contributed by atoms with E-state index in [1.807, 2.05) is 73.8 Å². The number of amides is 1. The maximum absolute atomic E-state index is 12.9. The summed E-state index contributed by atoms with van der Waals surface area (Å²) in [6.07, 6.45) is 0. The van der Waals surface area contributed by atoms with E-state index in [0.717, 1.165) is 21.8 Å². The van der Waals surface area contributed by atoms with Crippen molar-refractivity contribution in [2.75, 3.05) is 7.05 Å². The van der Waals surface area contributed by atoms with Crippen molar-refractivity contribution in [1.82, 2.24) is 4.90 Å². The van der Waals surface area contributed by atoms with Gasteiger partial charge < -0.3 is 4.90 Å².